The molecule has 0 unspecified atom stereocenters. The molecule has 0 spiro atoms. The van der Waals surface area contributed by atoms with Crippen molar-refractivity contribution < 1.29 is 19.1 Å². The van der Waals surface area contributed by atoms with Gasteiger partial charge in [-0.1, -0.05) is 70.1 Å². The first-order chi connectivity index (χ1) is 16.4. The van der Waals surface area contributed by atoms with E-state index < -0.39 is 0 Å². The second-order valence-electron chi connectivity index (χ2n) is 12.9. The highest BCUT2D eigenvalue weighted by atomic mass is 16.6. The molecule has 1 saturated heterocycles. The number of carbonyl (C=O) groups excluding carboxylic acids is 2. The minimum atomic E-state index is -0.120. The van der Waals surface area contributed by atoms with E-state index in [0.717, 1.165) is 38.5 Å². The van der Waals surface area contributed by atoms with Crippen molar-refractivity contribution in [2.45, 2.75) is 99.0 Å². The smallest absolute Gasteiger partial charge is 0.309 e. The van der Waals surface area contributed by atoms with Gasteiger partial charge in [-0.3, -0.25) is 9.59 Å². The fourth-order valence-electron chi connectivity index (χ4n) is 8.38. The van der Waals surface area contributed by atoms with Crippen molar-refractivity contribution in [1.82, 2.24) is 0 Å². The number of esters is 2. The third-order valence-corrected chi connectivity index (χ3v) is 10.8. The van der Waals surface area contributed by atoms with Crippen LogP contribution in [0.3, 0.4) is 0 Å². The minimum Gasteiger partial charge on any atom is -0.469 e. The van der Waals surface area contributed by atoms with Gasteiger partial charge in [-0.05, 0) is 80.5 Å². The number of rotatable bonds is 7. The van der Waals surface area contributed by atoms with Crippen LogP contribution in [0, 0.1) is 39.9 Å². The highest BCUT2D eigenvalue weighted by molar-refractivity contribution is 5.74. The van der Waals surface area contributed by atoms with Crippen molar-refractivity contribution in [3.63, 3.8) is 0 Å². The quantitative estimate of drug-likeness (QED) is 0.284. The number of carbonyl (C=O) groups is 2. The van der Waals surface area contributed by atoms with Crippen LogP contribution in [-0.4, -0.2) is 25.2 Å². The van der Waals surface area contributed by atoms with E-state index in [4.69, 9.17) is 9.47 Å². The first-order valence-electron chi connectivity index (χ1n) is 13.7. The molecular formula is C31H46O4. The Morgan fingerprint density at radius 1 is 1.23 bits per heavy atom. The normalized spacial score (nSPS) is 41.3. The number of fused-ring (bicyclic) bond motifs is 3. The number of hydrogen-bond acceptors (Lipinski definition) is 4. The molecule has 0 amide bonds. The van der Waals surface area contributed by atoms with Crippen LogP contribution < -0.4 is 0 Å². The molecule has 1 heterocycles. The van der Waals surface area contributed by atoms with E-state index in [-0.39, 0.29) is 40.2 Å². The summed E-state index contributed by atoms with van der Waals surface area (Å²) < 4.78 is 10.7. The maximum Gasteiger partial charge on any atom is 0.309 e. The van der Waals surface area contributed by atoms with Crippen LogP contribution in [0.1, 0.15) is 92.9 Å². The van der Waals surface area contributed by atoms with Crippen molar-refractivity contribution in [3.05, 3.63) is 35.5 Å². The molecule has 3 aliphatic carbocycles. The third-order valence-electron chi connectivity index (χ3n) is 10.8. The lowest BCUT2D eigenvalue weighted by Crippen LogP contribution is -2.46. The molecule has 4 nitrogen and oxygen atoms in total. The van der Waals surface area contributed by atoms with Gasteiger partial charge in [-0.2, -0.15) is 0 Å². The van der Waals surface area contributed by atoms with Crippen LogP contribution in [0.25, 0.3) is 0 Å². The summed E-state index contributed by atoms with van der Waals surface area (Å²) in [4.78, 5) is 24.1. The molecular weight excluding hydrogens is 436 g/mol. The van der Waals surface area contributed by atoms with Crippen molar-refractivity contribution >= 4 is 11.9 Å². The van der Waals surface area contributed by atoms with Gasteiger partial charge in [0.15, 0.2) is 0 Å². The second kappa shape index (κ2) is 9.23. The van der Waals surface area contributed by atoms with Crippen LogP contribution in [0.5, 0.6) is 0 Å². The number of hydrogen-bond donors (Lipinski definition) is 0. The maximum absolute atomic E-state index is 12.1. The van der Waals surface area contributed by atoms with E-state index in [0.29, 0.717) is 24.2 Å². The predicted molar refractivity (Wildman–Crippen MR) is 139 cm³/mol. The molecule has 0 aromatic heterocycles. The third kappa shape index (κ3) is 4.23. The number of methoxy groups -OCH3 is 1. The standard InChI is InChI=1S/C31H46O4/c1-19(2)23-9-10-25-24(30(23,6)14-13-27(32)34-8)11-12-26-29(5,15-16-31(25,26)7)21(4)18-22-17-20(3)28(33)35-22/h10,12,20-24H,1,9,11,13-18H2,2-8H3/t20-,21-,22+,23+,24-,29+,30+,31+/m1/s1. The summed E-state index contributed by atoms with van der Waals surface area (Å²) in [5, 5.41) is 0. The average molecular weight is 483 g/mol. The number of allylic oxidation sites excluding steroid dienone is 5. The lowest BCUT2D eigenvalue weighted by atomic mass is 9.50. The highest BCUT2D eigenvalue weighted by Crippen LogP contribution is 2.68. The molecule has 0 N–H and O–H groups in total. The van der Waals surface area contributed by atoms with Crippen LogP contribution >= 0.6 is 0 Å². The molecule has 35 heavy (non-hydrogen) atoms. The molecule has 4 rings (SSSR count). The first kappa shape index (κ1) is 26.2. The summed E-state index contributed by atoms with van der Waals surface area (Å²) in [5.41, 5.74) is 4.59. The Hall–Kier alpha value is -1.84. The Bertz CT molecular complexity index is 959. The van der Waals surface area contributed by atoms with E-state index in [1.165, 1.54) is 19.1 Å². The Balaban J connectivity index is 1.62. The zero-order chi connectivity index (χ0) is 25.8. The van der Waals surface area contributed by atoms with Gasteiger partial charge in [0.25, 0.3) is 0 Å². The second-order valence-corrected chi connectivity index (χ2v) is 12.9. The maximum atomic E-state index is 12.1. The molecule has 2 fully saturated rings. The molecule has 194 valence electrons. The van der Waals surface area contributed by atoms with Crippen LogP contribution in [0.15, 0.2) is 35.5 Å². The minimum absolute atomic E-state index is 0.00601. The van der Waals surface area contributed by atoms with E-state index >= 15 is 0 Å². The summed E-state index contributed by atoms with van der Waals surface area (Å²) in [7, 11) is 1.48. The van der Waals surface area contributed by atoms with Gasteiger partial charge in [-0.25, -0.2) is 0 Å². The first-order valence-corrected chi connectivity index (χ1v) is 13.7. The zero-order valence-electron chi connectivity index (χ0n) is 23.0. The summed E-state index contributed by atoms with van der Waals surface area (Å²) in [6.07, 6.45) is 12.6. The van der Waals surface area contributed by atoms with E-state index in [9.17, 15) is 9.59 Å². The molecule has 1 aliphatic heterocycles. The van der Waals surface area contributed by atoms with E-state index in [2.05, 4.69) is 53.3 Å². The van der Waals surface area contributed by atoms with Crippen LogP contribution in [-0.2, 0) is 19.1 Å². The predicted octanol–water partition coefficient (Wildman–Crippen LogP) is 7.20. The number of cyclic esters (lactones) is 1. The summed E-state index contributed by atoms with van der Waals surface area (Å²) >= 11 is 0. The monoisotopic (exact) mass is 482 g/mol. The number of ether oxygens (including phenoxy) is 2. The lowest BCUT2D eigenvalue weighted by Gasteiger charge is -2.54. The summed E-state index contributed by atoms with van der Waals surface area (Å²) in [5.74, 6) is 1.13. The fraction of sp³-hybridized carbons (Fsp3) is 0.742. The topological polar surface area (TPSA) is 52.6 Å². The van der Waals surface area contributed by atoms with Gasteiger partial charge in [0.1, 0.15) is 6.10 Å². The zero-order valence-corrected chi connectivity index (χ0v) is 23.0. The average Bonchev–Trinajstić information content (AvgIpc) is 3.27. The van der Waals surface area contributed by atoms with Gasteiger partial charge in [0.05, 0.1) is 13.0 Å². The Kier molecular flexibility index (Phi) is 6.92. The Morgan fingerprint density at radius 2 is 1.94 bits per heavy atom. The summed E-state index contributed by atoms with van der Waals surface area (Å²) in [6.45, 7) is 18.2. The van der Waals surface area contributed by atoms with Gasteiger partial charge < -0.3 is 9.47 Å². The molecule has 0 bridgehead atoms. The van der Waals surface area contributed by atoms with Crippen LogP contribution in [0.2, 0.25) is 0 Å². The summed E-state index contributed by atoms with van der Waals surface area (Å²) in [6, 6.07) is 0. The molecule has 0 aromatic rings. The fourth-order valence-corrected chi connectivity index (χ4v) is 8.38. The Labute approximate surface area is 212 Å². The van der Waals surface area contributed by atoms with Gasteiger partial charge >= 0.3 is 11.9 Å². The molecule has 0 aromatic carbocycles. The highest BCUT2D eigenvalue weighted by Gasteiger charge is 2.58. The van der Waals surface area contributed by atoms with Crippen molar-refractivity contribution in [3.8, 4) is 0 Å². The largest absolute Gasteiger partial charge is 0.469 e. The van der Waals surface area contributed by atoms with Crippen LogP contribution in [0.4, 0.5) is 0 Å². The van der Waals surface area contributed by atoms with Gasteiger partial charge in [0, 0.05) is 11.8 Å². The Morgan fingerprint density at radius 3 is 2.54 bits per heavy atom. The molecule has 0 radical (unpaired) electrons. The molecule has 4 aliphatic rings. The lowest BCUT2D eigenvalue weighted by molar-refractivity contribution is -0.144. The molecule has 1 saturated carbocycles. The van der Waals surface area contributed by atoms with Crippen molar-refractivity contribution in [2.75, 3.05) is 7.11 Å². The van der Waals surface area contributed by atoms with Crippen molar-refractivity contribution in [1.29, 1.82) is 0 Å². The molecule has 8 atom stereocenters. The molecule has 4 heteroatoms. The van der Waals surface area contributed by atoms with Crippen molar-refractivity contribution in [2.24, 2.45) is 39.9 Å². The van der Waals surface area contributed by atoms with E-state index in [1.807, 2.05) is 6.92 Å². The van der Waals surface area contributed by atoms with Gasteiger partial charge in [0.2, 0.25) is 0 Å². The van der Waals surface area contributed by atoms with E-state index in [1.54, 1.807) is 11.1 Å². The SMILES string of the molecule is C=C(C)[C@@H]1CC=C2[C@@H](CC=C3[C@@]2(C)CC[C@@]3(C)[C@H](C)C[C@@H]2C[C@@H](C)C(=O)O2)[C@@]1(C)CCC(=O)OC. The van der Waals surface area contributed by atoms with Gasteiger partial charge in [-0.15, -0.1) is 0 Å².